The molecular formula is C8H10ClNS. The molecule has 0 unspecified atom stereocenters. The fourth-order valence-electron chi connectivity index (χ4n) is 0.852. The standard InChI is InChI=1S/C8H10ClNS/c1-6-5-7(9)3-4-8(6)10-11-2/h3-5,10H,1-2H3. The zero-order valence-corrected chi connectivity index (χ0v) is 8.09. The lowest BCUT2D eigenvalue weighted by molar-refractivity contribution is 1.47. The molecule has 0 fully saturated rings. The van der Waals surface area contributed by atoms with Crippen LogP contribution >= 0.6 is 23.5 Å². The molecule has 0 aliphatic heterocycles. The van der Waals surface area contributed by atoms with E-state index in [9.17, 15) is 0 Å². The second-order valence-corrected chi connectivity index (χ2v) is 3.31. The maximum atomic E-state index is 5.78. The highest BCUT2D eigenvalue weighted by molar-refractivity contribution is 7.99. The molecule has 0 heterocycles. The molecule has 0 aliphatic rings. The summed E-state index contributed by atoms with van der Waals surface area (Å²) in [5, 5.41) is 0.786. The summed E-state index contributed by atoms with van der Waals surface area (Å²) >= 11 is 7.36. The second kappa shape index (κ2) is 3.88. The van der Waals surface area contributed by atoms with E-state index in [0.29, 0.717) is 0 Å². The van der Waals surface area contributed by atoms with Crippen LogP contribution < -0.4 is 4.72 Å². The first kappa shape index (κ1) is 8.75. The van der Waals surface area contributed by atoms with Gasteiger partial charge in [-0.1, -0.05) is 23.5 Å². The highest BCUT2D eigenvalue weighted by atomic mass is 35.5. The fourth-order valence-corrected chi connectivity index (χ4v) is 1.53. The van der Waals surface area contributed by atoms with Crippen LogP contribution in [0.2, 0.25) is 5.02 Å². The molecule has 0 aliphatic carbocycles. The van der Waals surface area contributed by atoms with Crippen molar-refractivity contribution >= 4 is 29.2 Å². The number of rotatable bonds is 2. The molecule has 1 rings (SSSR count). The third-order valence-electron chi connectivity index (χ3n) is 1.40. The van der Waals surface area contributed by atoms with Crippen molar-refractivity contribution in [3.63, 3.8) is 0 Å². The third kappa shape index (κ3) is 2.31. The van der Waals surface area contributed by atoms with E-state index in [1.807, 2.05) is 31.4 Å². The van der Waals surface area contributed by atoms with Crippen LogP contribution in [-0.2, 0) is 0 Å². The number of aryl methyl sites for hydroxylation is 1. The van der Waals surface area contributed by atoms with Gasteiger partial charge in [-0.3, -0.25) is 0 Å². The van der Waals surface area contributed by atoms with Gasteiger partial charge in [0.15, 0.2) is 0 Å². The van der Waals surface area contributed by atoms with Crippen LogP contribution in [0.5, 0.6) is 0 Å². The van der Waals surface area contributed by atoms with Crippen molar-refractivity contribution in [2.45, 2.75) is 6.92 Å². The molecule has 0 amide bonds. The second-order valence-electron chi connectivity index (χ2n) is 2.27. The lowest BCUT2D eigenvalue weighted by Gasteiger charge is -2.05. The van der Waals surface area contributed by atoms with E-state index in [0.717, 1.165) is 10.7 Å². The average Bonchev–Trinajstić information content (AvgIpc) is 1.95. The summed E-state index contributed by atoms with van der Waals surface area (Å²) in [6.07, 6.45) is 1.99. The summed E-state index contributed by atoms with van der Waals surface area (Å²) in [6.45, 7) is 2.03. The largest absolute Gasteiger partial charge is 0.330 e. The molecule has 0 saturated carbocycles. The topological polar surface area (TPSA) is 12.0 Å². The van der Waals surface area contributed by atoms with Gasteiger partial charge in [0.05, 0.1) is 0 Å². The Hall–Kier alpha value is -0.340. The molecule has 0 aromatic heterocycles. The molecule has 0 atom stereocenters. The molecule has 3 heteroatoms. The van der Waals surface area contributed by atoms with Crippen LogP contribution in [0.3, 0.4) is 0 Å². The molecule has 1 aromatic rings. The Morgan fingerprint density at radius 3 is 2.73 bits per heavy atom. The highest BCUT2D eigenvalue weighted by Crippen LogP contribution is 2.21. The maximum absolute atomic E-state index is 5.78. The van der Waals surface area contributed by atoms with Gasteiger partial charge in [0.2, 0.25) is 0 Å². The van der Waals surface area contributed by atoms with Gasteiger partial charge in [0.1, 0.15) is 0 Å². The summed E-state index contributed by atoms with van der Waals surface area (Å²) in [4.78, 5) is 0. The Kier molecular flexibility index (Phi) is 3.09. The fraction of sp³-hybridized carbons (Fsp3) is 0.250. The van der Waals surface area contributed by atoms with Gasteiger partial charge in [-0.25, -0.2) is 0 Å². The minimum Gasteiger partial charge on any atom is -0.330 e. The number of hydrogen-bond donors (Lipinski definition) is 1. The number of hydrogen-bond acceptors (Lipinski definition) is 2. The van der Waals surface area contributed by atoms with Crippen molar-refractivity contribution in [3.05, 3.63) is 28.8 Å². The molecular weight excluding hydrogens is 178 g/mol. The van der Waals surface area contributed by atoms with E-state index in [-0.39, 0.29) is 0 Å². The van der Waals surface area contributed by atoms with Crippen molar-refractivity contribution in [1.29, 1.82) is 0 Å². The van der Waals surface area contributed by atoms with Crippen molar-refractivity contribution in [2.24, 2.45) is 0 Å². The number of benzene rings is 1. The van der Waals surface area contributed by atoms with Crippen LogP contribution in [0.25, 0.3) is 0 Å². The zero-order chi connectivity index (χ0) is 8.27. The number of halogens is 1. The molecule has 1 aromatic carbocycles. The Balaban J connectivity index is 2.90. The van der Waals surface area contributed by atoms with E-state index in [1.165, 1.54) is 5.56 Å². The van der Waals surface area contributed by atoms with Gasteiger partial charge in [-0.05, 0) is 30.7 Å². The van der Waals surface area contributed by atoms with Crippen LogP contribution in [0, 0.1) is 6.92 Å². The van der Waals surface area contributed by atoms with Gasteiger partial charge >= 0.3 is 0 Å². The van der Waals surface area contributed by atoms with Gasteiger partial charge in [-0.15, -0.1) is 0 Å². The molecule has 1 N–H and O–H groups in total. The Morgan fingerprint density at radius 1 is 1.45 bits per heavy atom. The molecule has 0 radical (unpaired) electrons. The van der Waals surface area contributed by atoms with E-state index in [2.05, 4.69) is 4.72 Å². The predicted octanol–water partition coefficient (Wildman–Crippen LogP) is 3.34. The lowest BCUT2D eigenvalue weighted by atomic mass is 10.2. The van der Waals surface area contributed by atoms with Crippen molar-refractivity contribution in [1.82, 2.24) is 0 Å². The van der Waals surface area contributed by atoms with Crippen molar-refractivity contribution < 1.29 is 0 Å². The summed E-state index contributed by atoms with van der Waals surface area (Å²) in [7, 11) is 0. The number of anilines is 1. The highest BCUT2D eigenvalue weighted by Gasteiger charge is 1.95. The summed E-state index contributed by atoms with van der Waals surface area (Å²) in [6, 6.07) is 5.81. The van der Waals surface area contributed by atoms with E-state index >= 15 is 0 Å². The quantitative estimate of drug-likeness (QED) is 0.713. The molecule has 0 saturated heterocycles. The Morgan fingerprint density at radius 2 is 2.18 bits per heavy atom. The van der Waals surface area contributed by atoms with Crippen LogP contribution in [0.1, 0.15) is 5.56 Å². The smallest absolute Gasteiger partial charge is 0.0470 e. The van der Waals surface area contributed by atoms with Crippen molar-refractivity contribution in [3.8, 4) is 0 Å². The molecule has 60 valence electrons. The van der Waals surface area contributed by atoms with Crippen LogP contribution in [0.15, 0.2) is 18.2 Å². The van der Waals surface area contributed by atoms with E-state index < -0.39 is 0 Å². The molecule has 11 heavy (non-hydrogen) atoms. The molecule has 0 bridgehead atoms. The lowest BCUT2D eigenvalue weighted by Crippen LogP contribution is -1.87. The van der Waals surface area contributed by atoms with E-state index in [1.54, 1.807) is 11.9 Å². The molecule has 0 spiro atoms. The zero-order valence-electron chi connectivity index (χ0n) is 6.52. The van der Waals surface area contributed by atoms with Gasteiger partial charge < -0.3 is 4.72 Å². The minimum absolute atomic E-state index is 0.786. The number of nitrogens with one attached hydrogen (secondary N) is 1. The summed E-state index contributed by atoms with van der Waals surface area (Å²) in [5.41, 5.74) is 2.30. The Bertz CT molecular complexity index is 250. The maximum Gasteiger partial charge on any atom is 0.0470 e. The first-order valence-electron chi connectivity index (χ1n) is 3.29. The first-order valence-corrected chi connectivity index (χ1v) is 4.89. The van der Waals surface area contributed by atoms with Crippen molar-refractivity contribution in [2.75, 3.05) is 11.0 Å². The van der Waals surface area contributed by atoms with Gasteiger partial charge in [0, 0.05) is 17.0 Å². The summed E-state index contributed by atoms with van der Waals surface area (Å²) in [5.74, 6) is 0. The monoisotopic (exact) mass is 187 g/mol. The van der Waals surface area contributed by atoms with Gasteiger partial charge in [-0.2, -0.15) is 0 Å². The van der Waals surface area contributed by atoms with Gasteiger partial charge in [0.25, 0.3) is 0 Å². The minimum atomic E-state index is 0.786. The van der Waals surface area contributed by atoms with Crippen LogP contribution in [-0.4, -0.2) is 6.26 Å². The average molecular weight is 188 g/mol. The SMILES string of the molecule is CSNc1ccc(Cl)cc1C. The molecule has 1 nitrogen and oxygen atoms in total. The normalized spacial score (nSPS) is 9.73. The predicted molar refractivity (Wildman–Crippen MR) is 53.3 cm³/mol. The van der Waals surface area contributed by atoms with E-state index in [4.69, 9.17) is 11.6 Å². The first-order chi connectivity index (χ1) is 5.24. The Labute approximate surface area is 76.3 Å². The summed E-state index contributed by atoms with van der Waals surface area (Å²) < 4.78 is 3.16. The van der Waals surface area contributed by atoms with Crippen LogP contribution in [0.4, 0.5) is 5.69 Å². The third-order valence-corrected chi connectivity index (χ3v) is 2.06.